The Morgan fingerprint density at radius 1 is 0.435 bits per heavy atom. The van der Waals surface area contributed by atoms with Crippen molar-refractivity contribution in [1.29, 1.82) is 0 Å². The molecule has 0 rings (SSSR count). The van der Waals surface area contributed by atoms with E-state index in [1.165, 1.54) is 0 Å². The molecular formula is C30H66O14Si2. The molecule has 0 radical (unpaired) electrons. The monoisotopic (exact) mass is 706 g/mol. The first kappa shape index (κ1) is 45.9. The number of hydrogen-bond acceptors (Lipinski definition) is 14. The van der Waals surface area contributed by atoms with Crippen LogP contribution in [-0.2, 0) is 55.0 Å². The summed E-state index contributed by atoms with van der Waals surface area (Å²) in [7, 11) is -5.34. The van der Waals surface area contributed by atoms with Crippen LogP contribution in [0, 0.1) is 0 Å². The first-order valence-electron chi connectivity index (χ1n) is 17.0. The average molecular weight is 707 g/mol. The van der Waals surface area contributed by atoms with Gasteiger partial charge in [-0.3, -0.25) is 0 Å². The lowest BCUT2D eigenvalue weighted by molar-refractivity contribution is -0.151. The fourth-order valence-corrected chi connectivity index (χ4v) is 9.51. The van der Waals surface area contributed by atoms with E-state index in [9.17, 15) is 10.2 Å². The molecule has 2 atom stereocenters. The summed E-state index contributed by atoms with van der Waals surface area (Å²) in [5.41, 5.74) is 0. The van der Waals surface area contributed by atoms with Gasteiger partial charge in [-0.2, -0.15) is 0 Å². The third kappa shape index (κ3) is 24.1. The lowest BCUT2D eigenvalue weighted by atomic mass is 10.4. The van der Waals surface area contributed by atoms with E-state index in [4.69, 9.17) is 55.0 Å². The third-order valence-corrected chi connectivity index (χ3v) is 12.4. The van der Waals surface area contributed by atoms with Crippen LogP contribution in [0.3, 0.4) is 0 Å². The van der Waals surface area contributed by atoms with E-state index in [0.29, 0.717) is 104 Å². The van der Waals surface area contributed by atoms with E-state index < -0.39 is 36.1 Å². The first-order valence-corrected chi connectivity index (χ1v) is 20.9. The molecule has 0 spiro atoms. The number of hydrogen-bond donors (Lipinski definition) is 2. The van der Waals surface area contributed by atoms with Crippen molar-refractivity contribution >= 4 is 17.6 Å². The normalized spacial score (nSPS) is 14.5. The van der Waals surface area contributed by atoms with Crippen molar-refractivity contribution in [3.8, 4) is 0 Å². The van der Waals surface area contributed by atoms with E-state index >= 15 is 0 Å². The Labute approximate surface area is 280 Å². The molecule has 0 aliphatic carbocycles. The molecule has 0 aromatic heterocycles. The van der Waals surface area contributed by atoms with Crippen LogP contribution in [0.4, 0.5) is 0 Å². The van der Waals surface area contributed by atoms with Crippen LogP contribution in [0.25, 0.3) is 0 Å². The fraction of sp³-hybridized carbons (Fsp3) is 1.00. The molecule has 0 amide bonds. The van der Waals surface area contributed by atoms with Gasteiger partial charge in [0.2, 0.25) is 0 Å². The molecule has 14 nitrogen and oxygen atoms in total. The molecule has 0 aliphatic heterocycles. The van der Waals surface area contributed by atoms with E-state index in [-0.39, 0.29) is 26.4 Å². The van der Waals surface area contributed by atoms with E-state index in [1.54, 1.807) is 6.92 Å². The zero-order valence-corrected chi connectivity index (χ0v) is 31.7. The molecule has 0 aromatic rings. The van der Waals surface area contributed by atoms with Crippen molar-refractivity contribution in [3.63, 3.8) is 0 Å². The third-order valence-electron chi connectivity index (χ3n) is 6.13. The van der Waals surface area contributed by atoms with Crippen LogP contribution >= 0.6 is 0 Å². The van der Waals surface area contributed by atoms with Crippen molar-refractivity contribution in [2.24, 2.45) is 0 Å². The van der Waals surface area contributed by atoms with Gasteiger partial charge in [-0.25, -0.2) is 0 Å². The second-order valence-electron chi connectivity index (χ2n) is 10.1. The van der Waals surface area contributed by atoms with Crippen LogP contribution < -0.4 is 0 Å². The molecule has 16 heteroatoms. The quantitative estimate of drug-likeness (QED) is 0.0558. The average Bonchev–Trinajstić information content (AvgIpc) is 3.01. The van der Waals surface area contributed by atoms with Crippen LogP contribution in [0.15, 0.2) is 0 Å². The van der Waals surface area contributed by atoms with Crippen LogP contribution in [0.5, 0.6) is 0 Å². The van der Waals surface area contributed by atoms with Gasteiger partial charge < -0.3 is 65.2 Å². The van der Waals surface area contributed by atoms with Gasteiger partial charge in [0.15, 0.2) is 6.29 Å². The predicted octanol–water partition coefficient (Wildman–Crippen LogP) is 3.03. The van der Waals surface area contributed by atoms with E-state index in [1.807, 2.05) is 41.5 Å². The highest BCUT2D eigenvalue weighted by Crippen LogP contribution is 2.19. The Hall–Kier alpha value is -0.126. The van der Waals surface area contributed by atoms with Gasteiger partial charge in [0.25, 0.3) is 0 Å². The molecule has 0 bridgehead atoms. The highest BCUT2D eigenvalue weighted by atomic mass is 28.4. The van der Waals surface area contributed by atoms with Gasteiger partial charge in [-0.15, -0.1) is 0 Å². The molecule has 0 heterocycles. The molecule has 46 heavy (non-hydrogen) atoms. The second kappa shape index (κ2) is 30.9. The number of rotatable bonds is 36. The second-order valence-corrected chi connectivity index (χ2v) is 15.6. The number of ether oxygens (including phenoxy) is 6. The maximum Gasteiger partial charge on any atom is 0.501 e. The zero-order chi connectivity index (χ0) is 34.4. The van der Waals surface area contributed by atoms with E-state index in [0.717, 1.165) is 0 Å². The summed E-state index contributed by atoms with van der Waals surface area (Å²) in [5, 5.41) is 20.2. The van der Waals surface area contributed by atoms with Gasteiger partial charge in [-0.05, 0) is 61.3 Å². The van der Waals surface area contributed by atoms with Crippen molar-refractivity contribution in [1.82, 2.24) is 0 Å². The summed E-state index contributed by atoms with van der Waals surface area (Å²) < 4.78 is 68.3. The number of aliphatic hydroxyl groups excluding tert-OH is 2. The van der Waals surface area contributed by atoms with Gasteiger partial charge in [0.1, 0.15) is 12.2 Å². The van der Waals surface area contributed by atoms with E-state index in [2.05, 4.69) is 0 Å². The summed E-state index contributed by atoms with van der Waals surface area (Å²) >= 11 is 0. The van der Waals surface area contributed by atoms with Crippen LogP contribution in [0.2, 0.25) is 12.1 Å². The largest absolute Gasteiger partial charge is 0.501 e. The van der Waals surface area contributed by atoms with Crippen molar-refractivity contribution in [2.45, 2.75) is 91.9 Å². The lowest BCUT2D eigenvalue weighted by Crippen LogP contribution is -2.46. The van der Waals surface area contributed by atoms with Crippen molar-refractivity contribution < 1.29 is 65.2 Å². The van der Waals surface area contributed by atoms with Crippen LogP contribution in [-0.4, -0.2) is 152 Å². The highest BCUT2D eigenvalue weighted by molar-refractivity contribution is 6.61. The minimum absolute atomic E-state index is 0.143. The smallest absolute Gasteiger partial charge is 0.388 e. The Morgan fingerprint density at radius 2 is 0.717 bits per heavy atom. The molecule has 278 valence electrons. The van der Waals surface area contributed by atoms with Crippen LogP contribution in [0.1, 0.15) is 61.3 Å². The topological polar surface area (TPSA) is 151 Å². The molecule has 0 saturated heterocycles. The summed E-state index contributed by atoms with van der Waals surface area (Å²) in [4.78, 5) is 0. The minimum Gasteiger partial charge on any atom is -0.388 e. The predicted molar refractivity (Wildman–Crippen MR) is 177 cm³/mol. The Bertz CT molecular complexity index is 569. The molecular weight excluding hydrogens is 640 g/mol. The first-order chi connectivity index (χ1) is 22.3. The molecule has 0 aliphatic rings. The van der Waals surface area contributed by atoms with Crippen molar-refractivity contribution in [3.05, 3.63) is 0 Å². The molecule has 0 aromatic carbocycles. The SMILES string of the molecule is CCO[Si](CCCOCC(O)COCCOC(C)OCCOCC(O)COCCC[Si](OCC)(OCC)OCC)(OCC)OCC. The van der Waals surface area contributed by atoms with Gasteiger partial charge >= 0.3 is 17.6 Å². The summed E-state index contributed by atoms with van der Waals surface area (Å²) in [6, 6.07) is 1.33. The van der Waals surface area contributed by atoms with Gasteiger partial charge in [0, 0.05) is 64.9 Å². The van der Waals surface area contributed by atoms with Crippen molar-refractivity contribution in [2.75, 3.05) is 106 Å². The Kier molecular flexibility index (Phi) is 30.8. The molecule has 0 saturated carbocycles. The highest BCUT2D eigenvalue weighted by Gasteiger charge is 2.40. The summed E-state index contributed by atoms with van der Waals surface area (Å²) in [6.07, 6.45) is -0.485. The minimum atomic E-state index is -2.67. The molecule has 2 N–H and O–H groups in total. The maximum absolute atomic E-state index is 10.1. The zero-order valence-electron chi connectivity index (χ0n) is 29.7. The molecule has 2 unspecified atom stereocenters. The fourth-order valence-electron chi connectivity index (χ4n) is 4.35. The van der Waals surface area contributed by atoms with Gasteiger partial charge in [0.05, 0.1) is 52.9 Å². The van der Waals surface area contributed by atoms with Gasteiger partial charge in [-0.1, -0.05) is 0 Å². The molecule has 0 fully saturated rings. The Balaban J connectivity index is 3.80. The standard InChI is InChI=1S/C30H66O14Si2/c1-8-39-45(40-9-2,41-10-3)22-14-16-33-24-29(31)26-35-18-20-37-28(7)38-21-19-36-27-30(32)25-34-17-15-23-46(42-11-4,43-12-5)44-13-6/h28-32H,8-27H2,1-7H3. The lowest BCUT2D eigenvalue weighted by Gasteiger charge is -2.28. The summed E-state index contributed by atoms with van der Waals surface area (Å²) in [5.74, 6) is 0. The summed E-state index contributed by atoms with van der Waals surface area (Å²) in [6.45, 7) is 19.4. The number of aliphatic hydroxyl groups is 2. The Morgan fingerprint density at radius 3 is 1.00 bits per heavy atom. The maximum atomic E-state index is 10.1.